The molecule has 0 N–H and O–H groups in total. The van der Waals surface area contributed by atoms with Crippen LogP contribution in [0.15, 0.2) is 80.8 Å². The Balaban J connectivity index is 1.83. The molecule has 33 heavy (non-hydrogen) atoms. The molecule has 0 amide bonds. The lowest BCUT2D eigenvalue weighted by Crippen LogP contribution is -2.31. The fourth-order valence-electron chi connectivity index (χ4n) is 3.45. The van der Waals surface area contributed by atoms with E-state index in [-0.39, 0.29) is 23.9 Å². The zero-order valence-electron chi connectivity index (χ0n) is 18.0. The highest BCUT2D eigenvalue weighted by Gasteiger charge is 2.28. The van der Waals surface area contributed by atoms with Crippen molar-refractivity contribution in [3.8, 4) is 0 Å². The fraction of sp³-hybridized carbons (Fsp3) is 0.167. The largest absolute Gasteiger partial charge is 0.460 e. The van der Waals surface area contributed by atoms with Crippen LogP contribution in [-0.4, -0.2) is 26.0 Å². The van der Waals surface area contributed by atoms with Gasteiger partial charge in [0.1, 0.15) is 5.58 Å². The third-order valence-corrected chi connectivity index (χ3v) is 7.25. The van der Waals surface area contributed by atoms with Gasteiger partial charge in [0.15, 0.2) is 5.03 Å². The minimum absolute atomic E-state index is 0.0714. The number of carbonyl (C=O) groups excluding carboxylic acids is 1. The van der Waals surface area contributed by atoms with E-state index in [1.54, 1.807) is 38.1 Å². The summed E-state index contributed by atoms with van der Waals surface area (Å²) in [4.78, 5) is 16.3. The van der Waals surface area contributed by atoms with E-state index in [0.717, 1.165) is 5.56 Å². The average Bonchev–Trinajstić information content (AvgIpc) is 3.14. The Morgan fingerprint density at radius 3 is 2.55 bits per heavy atom. The molecule has 7 nitrogen and oxygen atoms in total. The smallest absolute Gasteiger partial charge is 0.374 e. The van der Waals surface area contributed by atoms with E-state index >= 15 is 0 Å². The molecule has 0 saturated heterocycles. The topological polar surface area (TPSA) is 89.7 Å². The van der Waals surface area contributed by atoms with E-state index in [1.807, 2.05) is 30.3 Å². The molecule has 0 unspecified atom stereocenters. The SMILES string of the molecule is CCOC(=O)c1oc2ccc(N(Cc3ccccc3)S(=O)(=O)c3ccc(Br)cn3)cc2c1C. The summed E-state index contributed by atoms with van der Waals surface area (Å²) < 4.78 is 40.0. The number of nitrogens with zero attached hydrogens (tertiary/aromatic N) is 2. The number of carbonyl (C=O) groups is 1. The van der Waals surface area contributed by atoms with Crippen molar-refractivity contribution in [1.82, 2.24) is 4.98 Å². The Bertz CT molecular complexity index is 1400. The summed E-state index contributed by atoms with van der Waals surface area (Å²) in [6.07, 6.45) is 1.45. The second kappa shape index (κ2) is 9.36. The summed E-state index contributed by atoms with van der Waals surface area (Å²) in [7, 11) is -3.99. The normalized spacial score (nSPS) is 11.5. The molecule has 0 spiro atoms. The van der Waals surface area contributed by atoms with E-state index in [0.29, 0.717) is 26.7 Å². The Hall–Kier alpha value is -3.17. The van der Waals surface area contributed by atoms with Crippen molar-refractivity contribution in [2.75, 3.05) is 10.9 Å². The van der Waals surface area contributed by atoms with Crippen molar-refractivity contribution in [3.05, 3.63) is 88.2 Å². The van der Waals surface area contributed by atoms with Gasteiger partial charge >= 0.3 is 5.97 Å². The Morgan fingerprint density at radius 1 is 1.12 bits per heavy atom. The van der Waals surface area contributed by atoms with Crippen LogP contribution in [0.4, 0.5) is 5.69 Å². The summed E-state index contributed by atoms with van der Waals surface area (Å²) in [5.41, 5.74) is 2.30. The van der Waals surface area contributed by atoms with Gasteiger partial charge in [0, 0.05) is 21.6 Å². The molecule has 0 fully saturated rings. The van der Waals surface area contributed by atoms with Gasteiger partial charge in [-0.15, -0.1) is 0 Å². The van der Waals surface area contributed by atoms with Crippen molar-refractivity contribution in [2.45, 2.75) is 25.4 Å². The molecule has 0 aliphatic rings. The Labute approximate surface area is 200 Å². The van der Waals surface area contributed by atoms with Crippen molar-refractivity contribution >= 4 is 48.6 Å². The van der Waals surface area contributed by atoms with Crippen LogP contribution in [0.2, 0.25) is 0 Å². The van der Waals surface area contributed by atoms with Crippen LogP contribution >= 0.6 is 15.9 Å². The number of aromatic nitrogens is 1. The molecular weight excluding hydrogens is 508 g/mol. The van der Waals surface area contributed by atoms with Crippen molar-refractivity contribution in [3.63, 3.8) is 0 Å². The van der Waals surface area contributed by atoms with E-state index in [2.05, 4.69) is 20.9 Å². The molecule has 0 aliphatic heterocycles. The van der Waals surface area contributed by atoms with Crippen LogP contribution in [0.25, 0.3) is 11.0 Å². The van der Waals surface area contributed by atoms with Gasteiger partial charge in [0.2, 0.25) is 5.76 Å². The van der Waals surface area contributed by atoms with E-state index in [9.17, 15) is 13.2 Å². The lowest BCUT2D eigenvalue weighted by Gasteiger charge is -2.24. The summed E-state index contributed by atoms with van der Waals surface area (Å²) in [5.74, 6) is -0.448. The zero-order valence-corrected chi connectivity index (χ0v) is 20.4. The molecule has 0 bridgehead atoms. The van der Waals surface area contributed by atoms with E-state index < -0.39 is 16.0 Å². The van der Waals surface area contributed by atoms with Crippen molar-refractivity contribution < 1.29 is 22.4 Å². The number of pyridine rings is 1. The van der Waals surface area contributed by atoms with Gasteiger partial charge < -0.3 is 9.15 Å². The predicted molar refractivity (Wildman–Crippen MR) is 129 cm³/mol. The minimum Gasteiger partial charge on any atom is -0.460 e. The average molecular weight is 529 g/mol. The van der Waals surface area contributed by atoms with Crippen LogP contribution in [-0.2, 0) is 21.3 Å². The third-order valence-electron chi connectivity index (χ3n) is 5.09. The first kappa shape index (κ1) is 23.0. The number of fused-ring (bicyclic) bond motifs is 1. The number of halogens is 1. The summed E-state index contributed by atoms with van der Waals surface area (Å²) >= 11 is 3.29. The van der Waals surface area contributed by atoms with E-state index in [4.69, 9.17) is 9.15 Å². The molecular formula is C24H21BrN2O5S. The van der Waals surface area contributed by atoms with Crippen LogP contribution < -0.4 is 4.31 Å². The van der Waals surface area contributed by atoms with Crippen LogP contribution in [0.5, 0.6) is 0 Å². The molecule has 0 atom stereocenters. The first-order chi connectivity index (χ1) is 15.8. The number of esters is 1. The first-order valence-electron chi connectivity index (χ1n) is 10.2. The summed E-state index contributed by atoms with van der Waals surface area (Å²) in [6, 6.07) is 17.4. The Morgan fingerprint density at radius 2 is 1.88 bits per heavy atom. The lowest BCUT2D eigenvalue weighted by atomic mass is 10.1. The number of benzene rings is 2. The molecule has 9 heteroatoms. The van der Waals surface area contributed by atoms with Gasteiger partial charge in [-0.1, -0.05) is 30.3 Å². The second-order valence-electron chi connectivity index (χ2n) is 7.27. The quantitative estimate of drug-likeness (QED) is 0.295. The van der Waals surface area contributed by atoms with Gasteiger partial charge in [0.05, 0.1) is 18.8 Å². The maximum absolute atomic E-state index is 13.6. The van der Waals surface area contributed by atoms with Crippen molar-refractivity contribution in [1.29, 1.82) is 0 Å². The number of aryl methyl sites for hydroxylation is 1. The van der Waals surface area contributed by atoms with Crippen LogP contribution in [0.1, 0.15) is 28.6 Å². The van der Waals surface area contributed by atoms with Gasteiger partial charge in [-0.2, -0.15) is 8.42 Å². The first-order valence-corrected chi connectivity index (χ1v) is 12.4. The zero-order chi connectivity index (χ0) is 23.6. The fourth-order valence-corrected chi connectivity index (χ4v) is 5.04. The van der Waals surface area contributed by atoms with Crippen molar-refractivity contribution in [2.24, 2.45) is 0 Å². The molecule has 4 aromatic rings. The van der Waals surface area contributed by atoms with Crippen LogP contribution in [0, 0.1) is 6.92 Å². The number of anilines is 1. The number of hydrogen-bond acceptors (Lipinski definition) is 6. The molecule has 2 heterocycles. The molecule has 2 aromatic carbocycles. The molecule has 0 aliphatic carbocycles. The van der Waals surface area contributed by atoms with Gasteiger partial charge in [-0.25, -0.2) is 9.78 Å². The second-order valence-corrected chi connectivity index (χ2v) is 9.99. The number of furan rings is 1. The molecule has 2 aromatic heterocycles. The Kier molecular flexibility index (Phi) is 6.53. The summed E-state index contributed by atoms with van der Waals surface area (Å²) in [6.45, 7) is 3.79. The number of ether oxygens (including phenoxy) is 1. The molecule has 0 saturated carbocycles. The highest BCUT2D eigenvalue weighted by Crippen LogP contribution is 2.33. The van der Waals surface area contributed by atoms with Crippen LogP contribution in [0.3, 0.4) is 0 Å². The number of sulfonamides is 1. The summed E-state index contributed by atoms with van der Waals surface area (Å²) in [5, 5.41) is 0.561. The predicted octanol–water partition coefficient (Wildman–Crippen LogP) is 5.47. The maximum Gasteiger partial charge on any atom is 0.374 e. The minimum atomic E-state index is -3.99. The lowest BCUT2D eigenvalue weighted by molar-refractivity contribution is 0.0491. The molecule has 0 radical (unpaired) electrons. The highest BCUT2D eigenvalue weighted by atomic mass is 79.9. The maximum atomic E-state index is 13.6. The number of hydrogen-bond donors (Lipinski definition) is 0. The molecule has 170 valence electrons. The van der Waals surface area contributed by atoms with E-state index in [1.165, 1.54) is 16.6 Å². The van der Waals surface area contributed by atoms with Gasteiger partial charge in [0.25, 0.3) is 10.0 Å². The third kappa shape index (κ3) is 4.65. The highest BCUT2D eigenvalue weighted by molar-refractivity contribution is 9.10. The van der Waals surface area contributed by atoms with Gasteiger partial charge in [-0.3, -0.25) is 4.31 Å². The molecule has 4 rings (SSSR count). The van der Waals surface area contributed by atoms with Gasteiger partial charge in [-0.05, 0) is 65.7 Å². The standard InChI is InChI=1S/C24H21BrN2O5S/c1-3-31-24(28)23-16(2)20-13-19(10-11-21(20)32-23)27(15-17-7-5-4-6-8-17)33(29,30)22-12-9-18(25)14-26-22/h4-14H,3,15H2,1-2H3. The monoisotopic (exact) mass is 528 g/mol. The number of rotatable bonds is 7.